The minimum absolute atomic E-state index is 0.281. The molecule has 0 fully saturated rings. The van der Waals surface area contributed by atoms with Gasteiger partial charge in [-0.3, -0.25) is 0 Å². The van der Waals surface area contributed by atoms with Gasteiger partial charge >= 0.3 is 6.09 Å². The molecule has 16 heavy (non-hydrogen) atoms. The Balaban J connectivity index is 2.14. The highest BCUT2D eigenvalue weighted by atomic mass is 32.1. The molecule has 92 valence electrons. The van der Waals surface area contributed by atoms with Gasteiger partial charge in [-0.25, -0.2) is 4.79 Å². The maximum atomic E-state index is 11.3. The molecule has 6 heteroatoms. The summed E-state index contributed by atoms with van der Waals surface area (Å²) >= 11 is 4.14. The van der Waals surface area contributed by atoms with Crippen LogP contribution in [0.2, 0.25) is 0 Å². The van der Waals surface area contributed by atoms with Gasteiger partial charge in [0.1, 0.15) is 5.60 Å². The molecule has 0 aromatic rings. The number of hydrogen-bond acceptors (Lipinski definition) is 5. The largest absolute Gasteiger partial charge is 0.444 e. The quantitative estimate of drug-likeness (QED) is 0.730. The van der Waals surface area contributed by atoms with Crippen LogP contribution >= 0.6 is 12.6 Å². The second-order valence-electron chi connectivity index (χ2n) is 4.83. The van der Waals surface area contributed by atoms with Crippen molar-refractivity contribution in [1.29, 1.82) is 0 Å². The molecule has 1 amide bonds. The molecule has 0 spiro atoms. The van der Waals surface area contributed by atoms with E-state index in [0.717, 1.165) is 12.2 Å². The molecule has 0 unspecified atom stereocenters. The average Bonchev–Trinajstić information content (AvgIpc) is 2.82. The normalized spacial score (nSPS) is 17.0. The van der Waals surface area contributed by atoms with Crippen molar-refractivity contribution in [2.75, 3.05) is 12.3 Å². The Morgan fingerprint density at radius 3 is 2.44 bits per heavy atom. The first-order valence-electron chi connectivity index (χ1n) is 5.39. The molecule has 0 saturated heterocycles. The summed E-state index contributed by atoms with van der Waals surface area (Å²) < 4.78 is 5.11. The minimum Gasteiger partial charge on any atom is -0.444 e. The number of nitrogens with zero attached hydrogens (tertiary/aromatic N) is 2. The Kier molecular flexibility index (Phi) is 4.18. The second-order valence-corrected chi connectivity index (χ2v) is 5.28. The monoisotopic (exact) mass is 245 g/mol. The number of ether oxygens (including phenoxy) is 1. The van der Waals surface area contributed by atoms with Crippen LogP contribution in [-0.2, 0) is 4.74 Å². The molecule has 1 aliphatic rings. The van der Waals surface area contributed by atoms with Crippen molar-refractivity contribution in [2.45, 2.75) is 44.9 Å². The molecule has 1 rings (SSSR count). The molecule has 1 aliphatic heterocycles. The molecule has 0 saturated carbocycles. The SMILES string of the molecule is CC(C)(C)OC(=O)NCCC1(CCS)N=N1. The molecule has 5 nitrogen and oxygen atoms in total. The van der Waals surface area contributed by atoms with E-state index in [0.29, 0.717) is 13.0 Å². The third kappa shape index (κ3) is 4.83. The average molecular weight is 245 g/mol. The molecule has 1 N–H and O–H groups in total. The van der Waals surface area contributed by atoms with E-state index in [9.17, 15) is 4.79 Å². The Labute approximate surface area is 101 Å². The van der Waals surface area contributed by atoms with Gasteiger partial charge in [0, 0.05) is 19.4 Å². The van der Waals surface area contributed by atoms with Gasteiger partial charge in [-0.15, -0.1) is 0 Å². The summed E-state index contributed by atoms with van der Waals surface area (Å²) in [6.45, 7) is 6.03. The summed E-state index contributed by atoms with van der Waals surface area (Å²) in [5.41, 5.74) is -0.738. The number of amides is 1. The van der Waals surface area contributed by atoms with Gasteiger partial charge in [0.05, 0.1) is 0 Å². The Hall–Kier alpha value is -0.780. The van der Waals surface area contributed by atoms with E-state index in [1.54, 1.807) is 0 Å². The fourth-order valence-electron chi connectivity index (χ4n) is 1.25. The lowest BCUT2D eigenvalue weighted by Crippen LogP contribution is -2.34. The predicted octanol–water partition coefficient (Wildman–Crippen LogP) is 2.38. The van der Waals surface area contributed by atoms with Gasteiger partial charge < -0.3 is 10.1 Å². The summed E-state index contributed by atoms with van der Waals surface area (Å²) in [5.74, 6) is 0.749. The first-order chi connectivity index (χ1) is 7.37. The third-order valence-electron chi connectivity index (χ3n) is 2.09. The fraction of sp³-hybridized carbons (Fsp3) is 0.900. The predicted molar refractivity (Wildman–Crippen MR) is 64.9 cm³/mol. The highest BCUT2D eigenvalue weighted by Gasteiger charge is 2.38. The van der Waals surface area contributed by atoms with E-state index in [-0.39, 0.29) is 5.66 Å². The number of alkyl carbamates (subject to hydrolysis) is 1. The molecular weight excluding hydrogens is 226 g/mol. The standard InChI is InChI=1S/C10H19N3O2S/c1-9(2,3)15-8(14)11-6-4-10(5-7-16)12-13-10/h16H,4-7H2,1-3H3,(H,11,14). The van der Waals surface area contributed by atoms with Gasteiger partial charge in [0.15, 0.2) is 5.66 Å². The maximum Gasteiger partial charge on any atom is 0.407 e. The van der Waals surface area contributed by atoms with Crippen LogP contribution in [-0.4, -0.2) is 29.7 Å². The number of hydrogen-bond donors (Lipinski definition) is 2. The fourth-order valence-corrected chi connectivity index (χ4v) is 1.61. The first kappa shape index (κ1) is 13.3. The lowest BCUT2D eigenvalue weighted by Gasteiger charge is -2.20. The van der Waals surface area contributed by atoms with Crippen LogP contribution in [0.3, 0.4) is 0 Å². The summed E-state index contributed by atoms with van der Waals surface area (Å²) in [5, 5.41) is 10.6. The van der Waals surface area contributed by atoms with Crippen LogP contribution in [0.25, 0.3) is 0 Å². The van der Waals surface area contributed by atoms with Crippen LogP contribution in [0.5, 0.6) is 0 Å². The zero-order chi connectivity index (χ0) is 12.2. The molecule has 0 atom stereocenters. The van der Waals surface area contributed by atoms with Crippen molar-refractivity contribution < 1.29 is 9.53 Å². The number of thiol groups is 1. The lowest BCUT2D eigenvalue weighted by atomic mass is 10.1. The van der Waals surface area contributed by atoms with Crippen molar-refractivity contribution in [1.82, 2.24) is 5.32 Å². The van der Waals surface area contributed by atoms with Crippen LogP contribution in [0, 0.1) is 0 Å². The van der Waals surface area contributed by atoms with E-state index in [1.807, 2.05) is 20.8 Å². The summed E-state index contributed by atoms with van der Waals surface area (Å²) in [6, 6.07) is 0. The number of rotatable bonds is 5. The summed E-state index contributed by atoms with van der Waals surface area (Å²) in [7, 11) is 0. The molecule has 0 aromatic carbocycles. The van der Waals surface area contributed by atoms with E-state index in [2.05, 4.69) is 28.2 Å². The van der Waals surface area contributed by atoms with Gasteiger partial charge in [-0.05, 0) is 26.5 Å². The summed E-state index contributed by atoms with van der Waals surface area (Å²) in [4.78, 5) is 11.3. The Morgan fingerprint density at radius 1 is 1.38 bits per heavy atom. The maximum absolute atomic E-state index is 11.3. The van der Waals surface area contributed by atoms with Crippen molar-refractivity contribution in [3.63, 3.8) is 0 Å². The Bertz CT molecular complexity index is 280. The van der Waals surface area contributed by atoms with Gasteiger partial charge in [-0.2, -0.15) is 22.9 Å². The van der Waals surface area contributed by atoms with Crippen LogP contribution in [0.15, 0.2) is 10.2 Å². The topological polar surface area (TPSA) is 63.0 Å². The van der Waals surface area contributed by atoms with E-state index < -0.39 is 11.7 Å². The highest BCUT2D eigenvalue weighted by molar-refractivity contribution is 7.80. The molecule has 0 radical (unpaired) electrons. The Morgan fingerprint density at radius 2 is 2.00 bits per heavy atom. The smallest absolute Gasteiger partial charge is 0.407 e. The van der Waals surface area contributed by atoms with Gasteiger partial charge in [0.2, 0.25) is 0 Å². The lowest BCUT2D eigenvalue weighted by molar-refractivity contribution is 0.0526. The number of nitrogens with one attached hydrogen (secondary N) is 1. The van der Waals surface area contributed by atoms with Crippen molar-refractivity contribution >= 4 is 18.7 Å². The number of carbonyl (C=O) groups is 1. The van der Waals surface area contributed by atoms with Gasteiger partial charge in [-0.1, -0.05) is 0 Å². The van der Waals surface area contributed by atoms with Crippen LogP contribution in [0.4, 0.5) is 4.79 Å². The second kappa shape index (κ2) is 5.03. The van der Waals surface area contributed by atoms with Crippen molar-refractivity contribution in [3.05, 3.63) is 0 Å². The molecule has 0 aliphatic carbocycles. The molecular formula is C10H19N3O2S. The van der Waals surface area contributed by atoms with Crippen molar-refractivity contribution in [2.24, 2.45) is 10.2 Å². The summed E-state index contributed by atoms with van der Waals surface area (Å²) in [6.07, 6.45) is 1.15. The highest BCUT2D eigenvalue weighted by Crippen LogP contribution is 2.35. The van der Waals surface area contributed by atoms with Crippen LogP contribution < -0.4 is 5.32 Å². The van der Waals surface area contributed by atoms with Crippen LogP contribution in [0.1, 0.15) is 33.6 Å². The number of carbonyl (C=O) groups excluding carboxylic acids is 1. The van der Waals surface area contributed by atoms with E-state index >= 15 is 0 Å². The van der Waals surface area contributed by atoms with E-state index in [4.69, 9.17) is 4.74 Å². The zero-order valence-corrected chi connectivity index (χ0v) is 10.9. The molecule has 1 heterocycles. The van der Waals surface area contributed by atoms with Gasteiger partial charge in [0.25, 0.3) is 0 Å². The van der Waals surface area contributed by atoms with E-state index in [1.165, 1.54) is 0 Å². The zero-order valence-electron chi connectivity index (χ0n) is 9.99. The van der Waals surface area contributed by atoms with Crippen molar-refractivity contribution in [3.8, 4) is 0 Å². The first-order valence-corrected chi connectivity index (χ1v) is 6.02. The third-order valence-corrected chi connectivity index (χ3v) is 2.31. The minimum atomic E-state index is -0.457. The molecule has 0 aromatic heterocycles. The molecule has 0 bridgehead atoms.